The third kappa shape index (κ3) is 8.62. The Bertz CT molecular complexity index is 803. The largest absolute Gasteiger partial charge is 0.399 e. The summed E-state index contributed by atoms with van der Waals surface area (Å²) >= 11 is 1.90. The van der Waals surface area contributed by atoms with Crippen LogP contribution in [0.4, 0.5) is 5.69 Å². The molecule has 0 radical (unpaired) electrons. The molecule has 0 saturated carbocycles. The van der Waals surface area contributed by atoms with Crippen molar-refractivity contribution in [3.05, 3.63) is 54.1 Å². The number of aryl methyl sites for hydroxylation is 1. The molecular weight excluding hydrogens is 396 g/mol. The van der Waals surface area contributed by atoms with Crippen molar-refractivity contribution in [2.75, 3.05) is 44.3 Å². The first kappa shape index (κ1) is 22.7. The number of rotatable bonds is 6. The quantitative estimate of drug-likeness (QED) is 0.318. The second-order valence-electron chi connectivity index (χ2n) is 6.51. The Balaban J connectivity index is 0.000000221. The van der Waals surface area contributed by atoms with E-state index in [1.807, 2.05) is 30.8 Å². The lowest BCUT2D eigenvalue weighted by atomic mass is 10.2. The average molecular weight is 425 g/mol. The normalized spacial score (nSPS) is 14.9. The molecule has 1 heterocycles. The maximum Gasteiger partial charge on any atom is 0.294 e. The fourth-order valence-electron chi connectivity index (χ4n) is 2.58. The summed E-state index contributed by atoms with van der Waals surface area (Å²) in [4.78, 5) is 3.72. The average Bonchev–Trinajstić information content (AvgIpc) is 2.68. The SMILES string of the molecule is Cc1ccc(S(=O)(=O)O)cc1.Nc1ccc(SCCCN2CCOCC2)cc1. The van der Waals surface area contributed by atoms with E-state index in [9.17, 15) is 8.42 Å². The highest BCUT2D eigenvalue weighted by molar-refractivity contribution is 7.99. The highest BCUT2D eigenvalue weighted by Crippen LogP contribution is 2.20. The molecule has 1 fully saturated rings. The lowest BCUT2D eigenvalue weighted by molar-refractivity contribution is 0.0381. The minimum absolute atomic E-state index is 0.0666. The summed E-state index contributed by atoms with van der Waals surface area (Å²) < 4.78 is 34.9. The molecule has 2 aromatic rings. The van der Waals surface area contributed by atoms with Gasteiger partial charge in [-0.1, -0.05) is 17.7 Å². The fraction of sp³-hybridized carbons (Fsp3) is 0.400. The first-order chi connectivity index (χ1) is 13.3. The molecule has 8 heteroatoms. The number of benzene rings is 2. The van der Waals surface area contributed by atoms with E-state index in [0.717, 1.165) is 37.6 Å². The number of nitrogens with zero attached hydrogens (tertiary/aromatic N) is 1. The van der Waals surface area contributed by atoms with Gasteiger partial charge in [-0.25, -0.2) is 0 Å². The molecule has 6 nitrogen and oxygen atoms in total. The van der Waals surface area contributed by atoms with Gasteiger partial charge in [0.2, 0.25) is 0 Å². The van der Waals surface area contributed by atoms with Gasteiger partial charge in [0.05, 0.1) is 18.1 Å². The Labute approximate surface area is 171 Å². The molecule has 3 N–H and O–H groups in total. The van der Waals surface area contributed by atoms with E-state index in [-0.39, 0.29) is 4.90 Å². The van der Waals surface area contributed by atoms with Gasteiger partial charge in [-0.15, -0.1) is 11.8 Å². The zero-order valence-corrected chi connectivity index (χ0v) is 17.7. The molecule has 0 atom stereocenters. The molecule has 0 amide bonds. The summed E-state index contributed by atoms with van der Waals surface area (Å²) in [5.74, 6) is 1.17. The maximum atomic E-state index is 10.5. The van der Waals surface area contributed by atoms with E-state index >= 15 is 0 Å². The number of ether oxygens (including phenoxy) is 1. The van der Waals surface area contributed by atoms with Crippen LogP contribution in [0.25, 0.3) is 0 Å². The molecule has 0 aliphatic carbocycles. The van der Waals surface area contributed by atoms with Crippen LogP contribution in [-0.4, -0.2) is 56.5 Å². The summed E-state index contributed by atoms with van der Waals surface area (Å²) in [5, 5.41) is 0. The van der Waals surface area contributed by atoms with E-state index in [1.165, 1.54) is 35.7 Å². The van der Waals surface area contributed by atoms with E-state index in [0.29, 0.717) is 0 Å². The number of anilines is 1. The number of nitrogen functional groups attached to an aromatic ring is 1. The smallest absolute Gasteiger partial charge is 0.294 e. The van der Waals surface area contributed by atoms with Crippen LogP contribution in [0.1, 0.15) is 12.0 Å². The van der Waals surface area contributed by atoms with Crippen LogP contribution in [0.3, 0.4) is 0 Å². The third-order valence-electron chi connectivity index (χ3n) is 4.19. The molecule has 0 aromatic heterocycles. The summed E-state index contributed by atoms with van der Waals surface area (Å²) in [6, 6.07) is 14.1. The molecule has 3 rings (SSSR count). The van der Waals surface area contributed by atoms with Gasteiger partial charge in [0.15, 0.2) is 0 Å². The fourth-order valence-corrected chi connectivity index (χ4v) is 3.89. The van der Waals surface area contributed by atoms with Crippen molar-refractivity contribution < 1.29 is 17.7 Å². The van der Waals surface area contributed by atoms with Crippen LogP contribution in [0.5, 0.6) is 0 Å². The summed E-state index contributed by atoms with van der Waals surface area (Å²) in [7, 11) is -4.02. The summed E-state index contributed by atoms with van der Waals surface area (Å²) in [5.41, 5.74) is 7.44. The topological polar surface area (TPSA) is 92.9 Å². The third-order valence-corrected chi connectivity index (χ3v) is 6.16. The van der Waals surface area contributed by atoms with Crippen molar-refractivity contribution in [1.29, 1.82) is 0 Å². The van der Waals surface area contributed by atoms with Gasteiger partial charge >= 0.3 is 0 Å². The van der Waals surface area contributed by atoms with E-state index in [2.05, 4.69) is 17.0 Å². The first-order valence-corrected chi connectivity index (χ1v) is 11.6. The van der Waals surface area contributed by atoms with Gasteiger partial charge in [-0.05, 0) is 62.0 Å². The Hall–Kier alpha value is -1.58. The molecule has 1 aliphatic rings. The highest BCUT2D eigenvalue weighted by Gasteiger charge is 2.09. The summed E-state index contributed by atoms with van der Waals surface area (Å²) in [6.45, 7) is 6.99. The number of morpholine rings is 1. The van der Waals surface area contributed by atoms with E-state index in [4.69, 9.17) is 15.0 Å². The van der Waals surface area contributed by atoms with Crippen LogP contribution in [-0.2, 0) is 14.9 Å². The second kappa shape index (κ2) is 11.4. The van der Waals surface area contributed by atoms with Crippen molar-refractivity contribution >= 4 is 27.6 Å². The standard InChI is InChI=1S/C13H20N2OS.C7H8O3S/c14-12-2-4-13(5-3-12)17-11-1-6-15-7-9-16-10-8-15;1-6-2-4-7(5-3-6)11(8,9)10/h2-5H,1,6-11,14H2;2-5H,1H3,(H,8,9,10). The van der Waals surface area contributed by atoms with Gasteiger partial charge < -0.3 is 10.5 Å². The number of hydrogen-bond donors (Lipinski definition) is 2. The van der Waals surface area contributed by atoms with E-state index in [1.54, 1.807) is 12.1 Å². The minimum Gasteiger partial charge on any atom is -0.399 e. The molecular formula is C20H28N2O4S2. The maximum absolute atomic E-state index is 10.5. The van der Waals surface area contributed by atoms with Crippen LogP contribution in [0.2, 0.25) is 0 Å². The summed E-state index contributed by atoms with van der Waals surface area (Å²) in [6.07, 6.45) is 1.23. The van der Waals surface area contributed by atoms with Crippen molar-refractivity contribution in [3.8, 4) is 0 Å². The first-order valence-electron chi connectivity index (χ1n) is 9.17. The number of nitrogens with two attached hydrogens (primary N) is 1. The number of hydrogen-bond acceptors (Lipinski definition) is 6. The molecule has 2 aromatic carbocycles. The highest BCUT2D eigenvalue weighted by atomic mass is 32.2. The number of thioether (sulfide) groups is 1. The van der Waals surface area contributed by atoms with E-state index < -0.39 is 10.1 Å². The molecule has 0 unspecified atom stereocenters. The molecule has 0 spiro atoms. The van der Waals surface area contributed by atoms with Crippen molar-refractivity contribution in [3.63, 3.8) is 0 Å². The predicted octanol–water partition coefficient (Wildman–Crippen LogP) is 3.32. The van der Waals surface area contributed by atoms with Gasteiger partial charge in [0.1, 0.15) is 0 Å². The molecule has 0 bridgehead atoms. The molecule has 28 heavy (non-hydrogen) atoms. The van der Waals surface area contributed by atoms with Crippen LogP contribution >= 0.6 is 11.8 Å². The van der Waals surface area contributed by atoms with Crippen molar-refractivity contribution in [2.24, 2.45) is 0 Å². The lowest BCUT2D eigenvalue weighted by Gasteiger charge is -2.26. The van der Waals surface area contributed by atoms with Crippen LogP contribution < -0.4 is 5.73 Å². The van der Waals surface area contributed by atoms with Crippen LogP contribution in [0, 0.1) is 6.92 Å². The second-order valence-corrected chi connectivity index (χ2v) is 9.10. The monoisotopic (exact) mass is 424 g/mol. The predicted molar refractivity (Wildman–Crippen MR) is 114 cm³/mol. The zero-order valence-electron chi connectivity index (χ0n) is 16.1. The Morgan fingerprint density at radius 1 is 1.07 bits per heavy atom. The molecule has 1 aliphatic heterocycles. The van der Waals surface area contributed by atoms with Gasteiger partial charge in [0.25, 0.3) is 10.1 Å². The van der Waals surface area contributed by atoms with Crippen molar-refractivity contribution in [2.45, 2.75) is 23.1 Å². The van der Waals surface area contributed by atoms with Crippen LogP contribution in [0.15, 0.2) is 58.3 Å². The lowest BCUT2D eigenvalue weighted by Crippen LogP contribution is -2.36. The minimum atomic E-state index is -4.02. The van der Waals surface area contributed by atoms with Crippen molar-refractivity contribution in [1.82, 2.24) is 4.90 Å². The molecule has 154 valence electrons. The van der Waals surface area contributed by atoms with Gasteiger partial charge in [-0.2, -0.15) is 8.42 Å². The van der Waals surface area contributed by atoms with Gasteiger partial charge in [-0.3, -0.25) is 9.45 Å². The molecule has 1 saturated heterocycles. The zero-order chi connectivity index (χ0) is 20.4. The Morgan fingerprint density at radius 2 is 1.68 bits per heavy atom. The Kier molecular flexibility index (Phi) is 9.27. The van der Waals surface area contributed by atoms with Gasteiger partial charge in [0, 0.05) is 23.7 Å². The Morgan fingerprint density at radius 3 is 2.25 bits per heavy atom.